The van der Waals surface area contributed by atoms with Crippen molar-refractivity contribution in [3.8, 4) is 11.3 Å². The highest BCUT2D eigenvalue weighted by atomic mass is 32.2. The molecule has 1 saturated heterocycles. The van der Waals surface area contributed by atoms with E-state index < -0.39 is 5.97 Å². The molecular weight excluding hydrogens is 398 g/mol. The van der Waals surface area contributed by atoms with Crippen LogP contribution in [0, 0.1) is 0 Å². The van der Waals surface area contributed by atoms with Crippen molar-refractivity contribution in [1.82, 2.24) is 9.88 Å². The number of hydrogen-bond donors (Lipinski definition) is 1. The largest absolute Gasteiger partial charge is 0.478 e. The van der Waals surface area contributed by atoms with Crippen LogP contribution >= 0.6 is 11.8 Å². The topological polar surface area (TPSA) is 78.9 Å². The molecule has 1 N–H and O–H groups in total. The number of carboxylic acids is 1. The first-order valence-corrected chi connectivity index (χ1v) is 11.0. The smallest absolute Gasteiger partial charge is 0.335 e. The minimum Gasteiger partial charge on any atom is -0.478 e. The zero-order valence-electron chi connectivity index (χ0n) is 16.4. The molecule has 2 aliphatic rings. The Labute approximate surface area is 178 Å². The van der Waals surface area contributed by atoms with Gasteiger partial charge in [-0.05, 0) is 42.8 Å². The highest BCUT2D eigenvalue weighted by Crippen LogP contribution is 2.49. The van der Waals surface area contributed by atoms with Crippen molar-refractivity contribution >= 4 is 22.9 Å². The molecule has 4 heterocycles. The average Bonchev–Trinajstić information content (AvgIpc) is 3.49. The van der Waals surface area contributed by atoms with Crippen LogP contribution < -0.4 is 0 Å². The van der Waals surface area contributed by atoms with Crippen LogP contribution in [0.4, 0.5) is 0 Å². The second kappa shape index (κ2) is 7.65. The Hall–Kier alpha value is -3.06. The molecule has 2 aromatic heterocycles. The standard InChI is InChI=1S/C23H21N3O3S/c1-2-16-13-30-23-25-20(17-5-3-4-12-24-17)21(26(16)23)19-11-10-18(29-19)14-6-8-15(9-7-14)22(27)28/h3-12,16,20-21H,2,13H2,1H3,(H,27,28)/t16-,20+,21+/m1/s1. The third kappa shape index (κ3) is 3.19. The van der Waals surface area contributed by atoms with Crippen LogP contribution in [0.5, 0.6) is 0 Å². The Morgan fingerprint density at radius 2 is 2.03 bits per heavy atom. The van der Waals surface area contributed by atoms with Crippen LogP contribution in [0.1, 0.15) is 47.2 Å². The number of aromatic carboxylic acids is 1. The molecular formula is C23H21N3O3S. The van der Waals surface area contributed by atoms with Gasteiger partial charge < -0.3 is 14.4 Å². The fourth-order valence-corrected chi connectivity index (χ4v) is 5.44. The molecule has 7 heteroatoms. The Balaban J connectivity index is 1.51. The molecule has 0 saturated carbocycles. The minimum atomic E-state index is -0.937. The second-order valence-corrected chi connectivity index (χ2v) is 8.41. The van der Waals surface area contributed by atoms with Gasteiger partial charge in [0.05, 0.1) is 11.3 Å². The van der Waals surface area contributed by atoms with Crippen LogP contribution in [0.2, 0.25) is 0 Å². The maximum absolute atomic E-state index is 11.1. The number of amidine groups is 1. The highest BCUT2D eigenvalue weighted by molar-refractivity contribution is 8.14. The van der Waals surface area contributed by atoms with Crippen molar-refractivity contribution in [2.24, 2.45) is 4.99 Å². The molecule has 0 amide bonds. The summed E-state index contributed by atoms with van der Waals surface area (Å²) in [7, 11) is 0. The van der Waals surface area contributed by atoms with Crippen molar-refractivity contribution < 1.29 is 14.3 Å². The molecule has 3 atom stereocenters. The molecule has 1 fully saturated rings. The van der Waals surface area contributed by atoms with Gasteiger partial charge in [0.25, 0.3) is 0 Å². The van der Waals surface area contributed by atoms with Gasteiger partial charge in [0.15, 0.2) is 5.17 Å². The van der Waals surface area contributed by atoms with Crippen LogP contribution in [0.3, 0.4) is 0 Å². The van der Waals surface area contributed by atoms with E-state index in [0.717, 1.165) is 40.1 Å². The third-order valence-electron chi connectivity index (χ3n) is 5.66. The average molecular weight is 420 g/mol. The van der Waals surface area contributed by atoms with Gasteiger partial charge in [-0.2, -0.15) is 0 Å². The van der Waals surface area contributed by atoms with Gasteiger partial charge in [-0.1, -0.05) is 36.9 Å². The van der Waals surface area contributed by atoms with E-state index in [1.54, 1.807) is 42.2 Å². The number of aliphatic imine (C=N–C) groups is 1. The summed E-state index contributed by atoms with van der Waals surface area (Å²) < 4.78 is 6.31. The summed E-state index contributed by atoms with van der Waals surface area (Å²) in [5.74, 6) is 1.66. The number of carbonyl (C=O) groups is 1. The number of nitrogens with zero attached hydrogens (tertiary/aromatic N) is 3. The van der Waals surface area contributed by atoms with Crippen LogP contribution in [-0.4, -0.2) is 37.9 Å². The summed E-state index contributed by atoms with van der Waals surface area (Å²) in [6.45, 7) is 2.21. The first-order valence-electron chi connectivity index (χ1n) is 9.99. The highest BCUT2D eigenvalue weighted by Gasteiger charge is 2.46. The molecule has 1 aromatic carbocycles. The molecule has 3 aromatic rings. The maximum atomic E-state index is 11.1. The number of hydrogen-bond acceptors (Lipinski definition) is 6. The molecule has 30 heavy (non-hydrogen) atoms. The van der Waals surface area contributed by atoms with Crippen LogP contribution in [-0.2, 0) is 0 Å². The lowest BCUT2D eigenvalue weighted by Gasteiger charge is -2.30. The molecule has 6 nitrogen and oxygen atoms in total. The van der Waals surface area contributed by atoms with Gasteiger partial charge in [-0.15, -0.1) is 0 Å². The maximum Gasteiger partial charge on any atom is 0.335 e. The number of rotatable bonds is 5. The first kappa shape index (κ1) is 18.9. The Bertz CT molecular complexity index is 1090. The number of pyridine rings is 1. The van der Waals surface area contributed by atoms with E-state index in [1.165, 1.54) is 0 Å². The lowest BCUT2D eigenvalue weighted by Crippen LogP contribution is -2.35. The van der Waals surface area contributed by atoms with Gasteiger partial charge in [0, 0.05) is 23.6 Å². The van der Waals surface area contributed by atoms with Crippen molar-refractivity contribution in [3.05, 3.63) is 77.8 Å². The van der Waals surface area contributed by atoms with Gasteiger partial charge in [0.2, 0.25) is 0 Å². The van der Waals surface area contributed by atoms with Gasteiger partial charge in [0.1, 0.15) is 23.6 Å². The molecule has 0 unspecified atom stereocenters. The zero-order chi connectivity index (χ0) is 20.7. The number of benzene rings is 1. The van der Waals surface area contributed by atoms with E-state index in [1.807, 2.05) is 30.3 Å². The molecule has 0 spiro atoms. The van der Waals surface area contributed by atoms with Crippen molar-refractivity contribution in [1.29, 1.82) is 0 Å². The van der Waals surface area contributed by atoms with Crippen molar-refractivity contribution in [2.45, 2.75) is 31.5 Å². The van der Waals surface area contributed by atoms with Gasteiger partial charge in [-0.25, -0.2) is 9.79 Å². The minimum absolute atomic E-state index is 0.0399. The van der Waals surface area contributed by atoms with Crippen LogP contribution in [0.15, 0.2) is 70.2 Å². The summed E-state index contributed by atoms with van der Waals surface area (Å²) in [5.41, 5.74) is 2.04. The molecule has 0 radical (unpaired) electrons. The van der Waals surface area contributed by atoms with Gasteiger partial charge >= 0.3 is 5.97 Å². The van der Waals surface area contributed by atoms with E-state index >= 15 is 0 Å². The number of thioether (sulfide) groups is 1. The number of carboxylic acid groups (broad SMARTS) is 1. The molecule has 0 aliphatic carbocycles. The SMILES string of the molecule is CC[C@@H]1CSC2=N[C@@H](c3ccccn3)[C@H](c3ccc(-c4ccc(C(=O)O)cc4)o3)N21. The molecule has 2 aliphatic heterocycles. The zero-order valence-corrected chi connectivity index (χ0v) is 17.2. The Morgan fingerprint density at radius 1 is 1.20 bits per heavy atom. The fraction of sp³-hybridized carbons (Fsp3) is 0.261. The van der Waals surface area contributed by atoms with Crippen LogP contribution in [0.25, 0.3) is 11.3 Å². The second-order valence-electron chi connectivity index (χ2n) is 7.42. The lowest BCUT2D eigenvalue weighted by molar-refractivity contribution is 0.0697. The number of aromatic nitrogens is 1. The van der Waals surface area contributed by atoms with Crippen molar-refractivity contribution in [2.75, 3.05) is 5.75 Å². The Kier molecular flexibility index (Phi) is 4.83. The summed E-state index contributed by atoms with van der Waals surface area (Å²) in [5, 5.41) is 10.2. The monoisotopic (exact) mass is 419 g/mol. The molecule has 5 rings (SSSR count). The molecule has 152 valence electrons. The van der Waals surface area contributed by atoms with E-state index in [-0.39, 0.29) is 17.6 Å². The fourth-order valence-electron chi connectivity index (χ4n) is 4.10. The summed E-state index contributed by atoms with van der Waals surface area (Å²) in [4.78, 5) is 23.1. The van der Waals surface area contributed by atoms with E-state index in [9.17, 15) is 4.79 Å². The Morgan fingerprint density at radius 3 is 2.73 bits per heavy atom. The normalized spacial score (nSPS) is 22.8. The predicted molar refractivity (Wildman–Crippen MR) is 117 cm³/mol. The predicted octanol–water partition coefficient (Wildman–Crippen LogP) is 5.02. The first-order chi connectivity index (χ1) is 14.7. The van der Waals surface area contributed by atoms with E-state index in [4.69, 9.17) is 14.5 Å². The third-order valence-corrected chi connectivity index (χ3v) is 6.79. The quantitative estimate of drug-likeness (QED) is 0.626. The number of furan rings is 1. The van der Waals surface area contributed by atoms with E-state index in [0.29, 0.717) is 6.04 Å². The van der Waals surface area contributed by atoms with Crippen molar-refractivity contribution in [3.63, 3.8) is 0 Å². The van der Waals surface area contributed by atoms with E-state index in [2.05, 4.69) is 16.8 Å². The lowest BCUT2D eigenvalue weighted by atomic mass is 10.0. The summed E-state index contributed by atoms with van der Waals surface area (Å²) in [6, 6.07) is 16.9. The molecule has 0 bridgehead atoms. The summed E-state index contributed by atoms with van der Waals surface area (Å²) >= 11 is 1.80. The summed E-state index contributed by atoms with van der Waals surface area (Å²) in [6.07, 6.45) is 2.85. The number of fused-ring (bicyclic) bond motifs is 1. The van der Waals surface area contributed by atoms with Gasteiger partial charge in [-0.3, -0.25) is 4.98 Å².